The van der Waals surface area contributed by atoms with Crippen molar-refractivity contribution in [1.82, 2.24) is 5.43 Å². The molecule has 0 unspecified atom stereocenters. The van der Waals surface area contributed by atoms with Crippen molar-refractivity contribution in [3.8, 4) is 0 Å². The van der Waals surface area contributed by atoms with Gasteiger partial charge >= 0.3 is 11.9 Å². The lowest BCUT2D eigenvalue weighted by Gasteiger charge is -1.97. The van der Waals surface area contributed by atoms with E-state index in [0.29, 0.717) is 11.1 Å². The van der Waals surface area contributed by atoms with Crippen molar-refractivity contribution >= 4 is 45.0 Å². The normalized spacial score (nSPS) is 11.0. The summed E-state index contributed by atoms with van der Waals surface area (Å²) in [4.78, 5) is 22.8. The lowest BCUT2D eigenvalue weighted by atomic mass is 10.1. The first-order valence-electron chi connectivity index (χ1n) is 6.89. The molecule has 2 N–H and O–H groups in total. The van der Waals surface area contributed by atoms with Crippen LogP contribution >= 0.6 is 15.9 Å². The van der Waals surface area contributed by atoms with Crippen molar-refractivity contribution in [2.75, 3.05) is 0 Å². The first kappa shape index (κ1) is 15.9. The number of carboxylic acid groups (broad SMARTS) is 1. The van der Waals surface area contributed by atoms with Gasteiger partial charge in [0.05, 0.1) is 11.8 Å². The fraction of sp³-hybridized carbons (Fsp3) is 0. The van der Waals surface area contributed by atoms with Crippen LogP contribution in [-0.2, 0) is 0 Å². The lowest BCUT2D eigenvalue weighted by Crippen LogP contribution is -2.16. The average Bonchev–Trinajstić information content (AvgIpc) is 2.98. The molecule has 3 aromatic rings. The Labute approximate surface area is 144 Å². The van der Waals surface area contributed by atoms with Crippen LogP contribution in [0.3, 0.4) is 0 Å². The molecule has 0 fully saturated rings. The summed E-state index contributed by atoms with van der Waals surface area (Å²) >= 11 is 3.36. The third-order valence-corrected chi connectivity index (χ3v) is 3.73. The minimum Gasteiger partial charge on any atom is -0.478 e. The van der Waals surface area contributed by atoms with Gasteiger partial charge in [0, 0.05) is 9.86 Å². The van der Waals surface area contributed by atoms with Gasteiger partial charge in [-0.05, 0) is 42.0 Å². The summed E-state index contributed by atoms with van der Waals surface area (Å²) in [6, 6.07) is 13.2. The van der Waals surface area contributed by atoms with Crippen molar-refractivity contribution in [3.05, 3.63) is 69.9 Å². The Morgan fingerprint density at radius 2 is 1.88 bits per heavy atom. The number of rotatable bonds is 4. The zero-order valence-corrected chi connectivity index (χ0v) is 13.8. The van der Waals surface area contributed by atoms with E-state index >= 15 is 0 Å². The number of nitrogens with zero attached hydrogens (tertiary/aromatic N) is 1. The summed E-state index contributed by atoms with van der Waals surface area (Å²) < 4.78 is 6.35. The second kappa shape index (κ2) is 6.67. The average molecular weight is 387 g/mol. The van der Waals surface area contributed by atoms with Crippen LogP contribution in [0.4, 0.5) is 0 Å². The number of halogens is 1. The molecule has 0 spiro atoms. The van der Waals surface area contributed by atoms with Gasteiger partial charge in [-0.25, -0.2) is 10.2 Å². The molecule has 0 saturated carbocycles. The molecule has 1 aromatic heterocycles. The molecule has 0 aliphatic carbocycles. The summed E-state index contributed by atoms with van der Waals surface area (Å²) in [5, 5.41) is 13.5. The summed E-state index contributed by atoms with van der Waals surface area (Å²) in [6.07, 6.45) is 1.42. The van der Waals surface area contributed by atoms with Gasteiger partial charge in [-0.3, -0.25) is 4.79 Å². The maximum Gasteiger partial charge on any atom is 0.335 e. The number of hydrogen-bond donors (Lipinski definition) is 2. The van der Waals surface area contributed by atoms with Crippen molar-refractivity contribution in [3.63, 3.8) is 0 Å². The number of amides is 1. The van der Waals surface area contributed by atoms with Crippen LogP contribution in [0.15, 0.2) is 62.5 Å². The smallest absolute Gasteiger partial charge is 0.335 e. The molecule has 2 aromatic carbocycles. The number of carboxylic acids is 1. The number of furan rings is 1. The highest BCUT2D eigenvalue weighted by atomic mass is 79.9. The third-order valence-electron chi connectivity index (χ3n) is 3.24. The van der Waals surface area contributed by atoms with Crippen molar-refractivity contribution in [2.24, 2.45) is 5.10 Å². The Kier molecular flexibility index (Phi) is 4.43. The molecule has 0 radical (unpaired) electrons. The minimum absolute atomic E-state index is 0.154. The molecule has 1 amide bonds. The van der Waals surface area contributed by atoms with Gasteiger partial charge in [0.2, 0.25) is 0 Å². The number of carbonyl (C=O) groups is 2. The number of hydrogen-bond acceptors (Lipinski definition) is 4. The molecule has 0 atom stereocenters. The summed E-state index contributed by atoms with van der Waals surface area (Å²) in [5.41, 5.74) is 3.82. The van der Waals surface area contributed by atoms with Gasteiger partial charge in [-0.1, -0.05) is 28.1 Å². The SMILES string of the molecule is O=C(O)c1ccc(C=NNC(=O)c2cc3cc(Br)ccc3o2)cc1. The van der Waals surface area contributed by atoms with Crippen LogP contribution in [-0.4, -0.2) is 23.2 Å². The van der Waals surface area contributed by atoms with Gasteiger partial charge < -0.3 is 9.52 Å². The van der Waals surface area contributed by atoms with E-state index in [2.05, 4.69) is 26.5 Å². The van der Waals surface area contributed by atoms with Crippen LogP contribution in [0.2, 0.25) is 0 Å². The predicted molar refractivity (Wildman–Crippen MR) is 92.4 cm³/mol. The third kappa shape index (κ3) is 3.52. The number of carbonyl (C=O) groups excluding carboxylic acids is 1. The molecule has 7 heteroatoms. The van der Waals surface area contributed by atoms with E-state index in [1.165, 1.54) is 18.3 Å². The minimum atomic E-state index is -0.997. The van der Waals surface area contributed by atoms with Gasteiger partial charge in [-0.2, -0.15) is 5.10 Å². The van der Waals surface area contributed by atoms with E-state index in [4.69, 9.17) is 9.52 Å². The number of benzene rings is 2. The molecule has 6 nitrogen and oxygen atoms in total. The van der Waals surface area contributed by atoms with Crippen LogP contribution in [0, 0.1) is 0 Å². The van der Waals surface area contributed by atoms with Gasteiger partial charge in [0.15, 0.2) is 5.76 Å². The standard InChI is InChI=1S/C17H11BrN2O4/c18-13-5-6-14-12(7-13)8-15(24-14)16(21)20-19-9-10-1-3-11(4-2-10)17(22)23/h1-9H,(H,20,21)(H,22,23). The maximum atomic E-state index is 12.0. The highest BCUT2D eigenvalue weighted by Gasteiger charge is 2.11. The molecular weight excluding hydrogens is 376 g/mol. The molecule has 0 bridgehead atoms. The quantitative estimate of drug-likeness (QED) is 0.528. The number of hydrazone groups is 1. The Morgan fingerprint density at radius 3 is 2.58 bits per heavy atom. The molecule has 1 heterocycles. The summed E-state index contributed by atoms with van der Waals surface area (Å²) in [5.74, 6) is -1.31. The Bertz CT molecular complexity index is 945. The van der Waals surface area contributed by atoms with Crippen LogP contribution in [0.1, 0.15) is 26.5 Å². The number of nitrogens with one attached hydrogen (secondary N) is 1. The van der Waals surface area contributed by atoms with Gasteiger partial charge in [0.1, 0.15) is 5.58 Å². The van der Waals surface area contributed by atoms with Crippen LogP contribution in [0.5, 0.6) is 0 Å². The highest BCUT2D eigenvalue weighted by Crippen LogP contribution is 2.23. The fourth-order valence-electron chi connectivity index (χ4n) is 2.06. The molecule has 0 aliphatic rings. The molecule has 0 saturated heterocycles. The van der Waals surface area contributed by atoms with Gasteiger partial charge in [-0.15, -0.1) is 0 Å². The Morgan fingerprint density at radius 1 is 1.12 bits per heavy atom. The second-order valence-corrected chi connectivity index (χ2v) is 5.83. The fourth-order valence-corrected chi connectivity index (χ4v) is 2.44. The van der Waals surface area contributed by atoms with E-state index in [-0.39, 0.29) is 11.3 Å². The lowest BCUT2D eigenvalue weighted by molar-refractivity contribution is 0.0696. The van der Waals surface area contributed by atoms with E-state index in [1.807, 2.05) is 12.1 Å². The zero-order valence-electron chi connectivity index (χ0n) is 12.2. The Hall–Kier alpha value is -2.93. The molecule has 24 heavy (non-hydrogen) atoms. The van der Waals surface area contributed by atoms with Crippen molar-refractivity contribution < 1.29 is 19.1 Å². The first-order valence-corrected chi connectivity index (χ1v) is 7.68. The maximum absolute atomic E-state index is 12.0. The highest BCUT2D eigenvalue weighted by molar-refractivity contribution is 9.10. The molecule has 3 rings (SSSR count). The topological polar surface area (TPSA) is 91.9 Å². The number of aromatic carboxylic acids is 1. The second-order valence-electron chi connectivity index (χ2n) is 4.92. The molecular formula is C17H11BrN2O4. The van der Waals surface area contributed by atoms with Crippen molar-refractivity contribution in [2.45, 2.75) is 0 Å². The zero-order chi connectivity index (χ0) is 17.1. The van der Waals surface area contributed by atoms with E-state index in [0.717, 1.165) is 9.86 Å². The monoisotopic (exact) mass is 386 g/mol. The largest absolute Gasteiger partial charge is 0.478 e. The van der Waals surface area contributed by atoms with E-state index in [1.54, 1.807) is 24.3 Å². The molecule has 0 aliphatic heterocycles. The predicted octanol–water partition coefficient (Wildman–Crippen LogP) is 3.66. The molecule has 120 valence electrons. The summed E-state index contributed by atoms with van der Waals surface area (Å²) in [7, 11) is 0. The van der Waals surface area contributed by atoms with E-state index in [9.17, 15) is 9.59 Å². The van der Waals surface area contributed by atoms with Crippen LogP contribution in [0.25, 0.3) is 11.0 Å². The number of fused-ring (bicyclic) bond motifs is 1. The van der Waals surface area contributed by atoms with Crippen LogP contribution < -0.4 is 5.43 Å². The first-order chi connectivity index (χ1) is 11.5. The van der Waals surface area contributed by atoms with Gasteiger partial charge in [0.25, 0.3) is 0 Å². The Balaban J connectivity index is 1.68. The summed E-state index contributed by atoms with van der Waals surface area (Å²) in [6.45, 7) is 0. The van der Waals surface area contributed by atoms with Crippen molar-refractivity contribution in [1.29, 1.82) is 0 Å². The van der Waals surface area contributed by atoms with E-state index < -0.39 is 11.9 Å².